The molecule has 3 nitrogen and oxygen atoms in total. The van der Waals surface area contributed by atoms with Crippen LogP contribution in [0.3, 0.4) is 0 Å². The van der Waals surface area contributed by atoms with Crippen LogP contribution < -0.4 is 0 Å². The highest BCUT2D eigenvalue weighted by molar-refractivity contribution is 9.10. The molecule has 0 N–H and O–H groups in total. The largest absolute Gasteiger partial charge is 0.464 e. The van der Waals surface area contributed by atoms with Crippen LogP contribution in [-0.2, 0) is 14.3 Å². The molecule has 1 aliphatic rings. The van der Waals surface area contributed by atoms with Crippen molar-refractivity contribution in [2.45, 2.75) is 77.0 Å². The maximum Gasteiger partial charge on any atom is 0.319 e. The van der Waals surface area contributed by atoms with E-state index in [2.05, 4.69) is 48.9 Å². The minimum Gasteiger partial charge on any atom is -0.464 e. The number of esters is 1. The van der Waals surface area contributed by atoms with E-state index in [-0.39, 0.29) is 18.4 Å². The summed E-state index contributed by atoms with van der Waals surface area (Å²) in [7, 11) is 0. The summed E-state index contributed by atoms with van der Waals surface area (Å²) in [6.45, 7) is 6.56. The summed E-state index contributed by atoms with van der Waals surface area (Å²) in [6.07, 6.45) is 11.0. The lowest BCUT2D eigenvalue weighted by molar-refractivity contribution is -0.148. The lowest BCUT2D eigenvalue weighted by Crippen LogP contribution is -2.34. The van der Waals surface area contributed by atoms with Crippen LogP contribution in [0.4, 0.5) is 0 Å². The van der Waals surface area contributed by atoms with Crippen LogP contribution in [0.2, 0.25) is 0 Å². The lowest BCUT2D eigenvalue weighted by Gasteiger charge is -2.27. The highest BCUT2D eigenvalue weighted by atomic mass is 79.9. The zero-order chi connectivity index (χ0) is 19.6. The smallest absolute Gasteiger partial charge is 0.319 e. The van der Waals surface area contributed by atoms with Crippen molar-refractivity contribution < 1.29 is 14.3 Å². The number of hydrogen-bond acceptors (Lipinski definition) is 3. The third-order valence-corrected chi connectivity index (χ3v) is 6.02. The minimum absolute atomic E-state index is 0.194. The first-order valence-corrected chi connectivity index (χ1v) is 10.9. The van der Waals surface area contributed by atoms with Crippen LogP contribution in [0.1, 0.15) is 72.1 Å². The average molecular weight is 448 g/mol. The number of halogens is 2. The third-order valence-electron chi connectivity index (χ3n) is 4.97. The van der Waals surface area contributed by atoms with Crippen molar-refractivity contribution in [3.63, 3.8) is 0 Å². The zero-order valence-corrected chi connectivity index (χ0v) is 18.6. The number of allylic oxidation sites excluding steroid dienone is 4. The van der Waals surface area contributed by atoms with Gasteiger partial charge in [-0.15, -0.1) is 11.6 Å². The molecule has 1 unspecified atom stereocenters. The second-order valence-electron chi connectivity index (χ2n) is 7.52. The van der Waals surface area contributed by atoms with Gasteiger partial charge < -0.3 is 4.74 Å². The standard InChI is InChI=1S/C21H32BrClO3/c1-16(2)7-4-8-17(3)9-5-12-21(13-6-10-19(21)24)15-26-20(25)18(22)11-14-23/h7,9,18H,4-6,8,10-15H2,1-3H3/b17-9+/t18?,21-/m1/s1. The summed E-state index contributed by atoms with van der Waals surface area (Å²) >= 11 is 8.96. The van der Waals surface area contributed by atoms with E-state index in [4.69, 9.17) is 16.3 Å². The predicted octanol–water partition coefficient (Wildman–Crippen LogP) is 6.13. The minimum atomic E-state index is -0.500. The summed E-state index contributed by atoms with van der Waals surface area (Å²) in [5, 5.41) is 0. The molecule has 0 saturated heterocycles. The number of ether oxygens (including phenoxy) is 1. The molecule has 1 aliphatic carbocycles. The molecule has 0 spiro atoms. The van der Waals surface area contributed by atoms with Gasteiger partial charge in [-0.2, -0.15) is 0 Å². The molecule has 1 saturated carbocycles. The zero-order valence-electron chi connectivity index (χ0n) is 16.3. The summed E-state index contributed by atoms with van der Waals surface area (Å²) in [4.78, 5) is 24.1. The fourth-order valence-corrected chi connectivity index (χ4v) is 4.12. The number of rotatable bonds is 11. The monoisotopic (exact) mass is 446 g/mol. The number of ketones is 1. The van der Waals surface area contributed by atoms with Gasteiger partial charge >= 0.3 is 5.97 Å². The third kappa shape index (κ3) is 7.96. The van der Waals surface area contributed by atoms with Gasteiger partial charge in [-0.25, -0.2) is 0 Å². The molecule has 5 heteroatoms. The van der Waals surface area contributed by atoms with Crippen LogP contribution in [0.5, 0.6) is 0 Å². The van der Waals surface area contributed by atoms with Crippen molar-refractivity contribution in [1.82, 2.24) is 0 Å². The maximum absolute atomic E-state index is 12.5. The number of carbonyl (C=O) groups excluding carboxylic acids is 2. The van der Waals surface area contributed by atoms with Crippen LogP contribution in [-0.4, -0.2) is 29.1 Å². The maximum atomic E-state index is 12.5. The topological polar surface area (TPSA) is 43.4 Å². The predicted molar refractivity (Wildman–Crippen MR) is 112 cm³/mol. The molecule has 0 aromatic carbocycles. The Hall–Kier alpha value is -0.610. The van der Waals surface area contributed by atoms with Crippen molar-refractivity contribution >= 4 is 39.3 Å². The lowest BCUT2D eigenvalue weighted by atomic mass is 9.81. The number of hydrogen-bond donors (Lipinski definition) is 0. The highest BCUT2D eigenvalue weighted by Crippen LogP contribution is 2.40. The fraction of sp³-hybridized carbons (Fsp3) is 0.714. The molecule has 2 atom stereocenters. The van der Waals surface area contributed by atoms with E-state index in [1.54, 1.807) is 0 Å². The molecular formula is C21H32BrClO3. The molecule has 0 heterocycles. The first-order chi connectivity index (χ1) is 12.3. The Morgan fingerprint density at radius 2 is 2.04 bits per heavy atom. The molecule has 148 valence electrons. The summed E-state index contributed by atoms with van der Waals surface area (Å²) in [5.41, 5.74) is 2.19. The average Bonchev–Trinajstić information content (AvgIpc) is 2.93. The SMILES string of the molecule is CC(C)=CCC/C(C)=C/CC[C@]1(COC(=O)C(Br)CCCl)CCCC1=O. The quantitative estimate of drug-likeness (QED) is 0.217. The Morgan fingerprint density at radius 1 is 1.31 bits per heavy atom. The van der Waals surface area contributed by atoms with Gasteiger partial charge in [-0.3, -0.25) is 9.59 Å². The van der Waals surface area contributed by atoms with Crippen LogP contribution in [0, 0.1) is 5.41 Å². The molecule has 1 rings (SSSR count). The van der Waals surface area contributed by atoms with Gasteiger partial charge in [0.25, 0.3) is 0 Å². The first kappa shape index (κ1) is 23.4. The van der Waals surface area contributed by atoms with Gasteiger partial charge in [0, 0.05) is 12.3 Å². The van der Waals surface area contributed by atoms with Crippen LogP contribution >= 0.6 is 27.5 Å². The normalized spacial score (nSPS) is 21.6. The number of carbonyl (C=O) groups is 2. The van der Waals surface area contributed by atoms with Crippen molar-refractivity contribution in [3.8, 4) is 0 Å². The second-order valence-corrected chi connectivity index (χ2v) is 9.00. The van der Waals surface area contributed by atoms with E-state index in [1.165, 1.54) is 11.1 Å². The van der Waals surface area contributed by atoms with Crippen molar-refractivity contribution in [3.05, 3.63) is 23.3 Å². The van der Waals surface area contributed by atoms with Gasteiger partial charge in [0.1, 0.15) is 17.2 Å². The Balaban J connectivity index is 2.57. The Kier molecular flexibility index (Phi) is 10.8. The number of Topliss-reactive ketones (excluding diaryl/α,β-unsaturated/α-hetero) is 1. The van der Waals surface area contributed by atoms with Gasteiger partial charge in [0.05, 0.1) is 5.41 Å². The Labute approximate surface area is 171 Å². The summed E-state index contributed by atoms with van der Waals surface area (Å²) in [6, 6.07) is 0. The fourth-order valence-electron chi connectivity index (χ4n) is 3.28. The van der Waals surface area contributed by atoms with Crippen molar-refractivity contribution in [2.24, 2.45) is 5.41 Å². The Bertz CT molecular complexity index is 537. The molecule has 0 aliphatic heterocycles. The number of alkyl halides is 2. The van der Waals surface area contributed by atoms with Crippen LogP contribution in [0.15, 0.2) is 23.3 Å². The van der Waals surface area contributed by atoms with Crippen molar-refractivity contribution in [1.29, 1.82) is 0 Å². The molecular weight excluding hydrogens is 416 g/mol. The second kappa shape index (κ2) is 12.0. The van der Waals surface area contributed by atoms with E-state index in [1.807, 2.05) is 0 Å². The molecule has 0 aromatic heterocycles. The van der Waals surface area contributed by atoms with E-state index >= 15 is 0 Å². The molecule has 1 fully saturated rings. The van der Waals surface area contributed by atoms with Gasteiger partial charge in [-0.05, 0) is 65.7 Å². The van der Waals surface area contributed by atoms with Crippen LogP contribution in [0.25, 0.3) is 0 Å². The van der Waals surface area contributed by atoms with Gasteiger partial charge in [0.2, 0.25) is 0 Å². The molecule has 0 bridgehead atoms. The summed E-state index contributed by atoms with van der Waals surface area (Å²) < 4.78 is 5.47. The Morgan fingerprint density at radius 3 is 2.62 bits per heavy atom. The van der Waals surface area contributed by atoms with Gasteiger partial charge in [-0.1, -0.05) is 39.2 Å². The van der Waals surface area contributed by atoms with Gasteiger partial charge in [0.15, 0.2) is 0 Å². The molecule has 0 radical (unpaired) electrons. The first-order valence-electron chi connectivity index (χ1n) is 9.50. The van der Waals surface area contributed by atoms with Crippen molar-refractivity contribution in [2.75, 3.05) is 12.5 Å². The van der Waals surface area contributed by atoms with E-state index in [0.717, 1.165) is 38.5 Å². The molecule has 26 heavy (non-hydrogen) atoms. The summed E-state index contributed by atoms with van der Waals surface area (Å²) in [5.74, 6) is 0.314. The molecule has 0 aromatic rings. The van der Waals surface area contributed by atoms with E-state index in [0.29, 0.717) is 18.7 Å². The molecule has 0 amide bonds. The van der Waals surface area contributed by atoms with E-state index in [9.17, 15) is 9.59 Å². The highest BCUT2D eigenvalue weighted by Gasteiger charge is 2.42. The van der Waals surface area contributed by atoms with E-state index < -0.39 is 10.2 Å².